The first-order chi connectivity index (χ1) is 43.5. The number of ether oxygens (including phenoxy) is 1. The summed E-state index contributed by atoms with van der Waals surface area (Å²) < 4.78 is 5.50. The van der Waals surface area contributed by atoms with E-state index in [1.165, 1.54) is 392 Å². The van der Waals surface area contributed by atoms with Crippen LogP contribution in [-0.2, 0) is 14.3 Å². The summed E-state index contributed by atoms with van der Waals surface area (Å²) in [7, 11) is 0. The lowest BCUT2D eigenvalue weighted by atomic mass is 10.0. The average Bonchev–Trinajstić information content (AvgIpc) is 3.59. The number of carbonyl (C=O) groups excluding carboxylic acids is 2. The van der Waals surface area contributed by atoms with Gasteiger partial charge in [-0.1, -0.05) is 417 Å². The summed E-state index contributed by atoms with van der Waals surface area (Å²) in [5.74, 6) is -0.0439. The fourth-order valence-electron chi connectivity index (χ4n) is 13.0. The molecule has 6 heteroatoms. The summed E-state index contributed by atoms with van der Waals surface area (Å²) >= 11 is 0. The number of amides is 1. The number of carbonyl (C=O) groups is 2. The van der Waals surface area contributed by atoms with Gasteiger partial charge >= 0.3 is 5.97 Å². The van der Waals surface area contributed by atoms with E-state index >= 15 is 0 Å². The molecule has 0 aromatic carbocycles. The molecule has 0 spiro atoms. The van der Waals surface area contributed by atoms with Crippen LogP contribution in [0, 0.1) is 0 Å². The van der Waals surface area contributed by atoms with Crippen LogP contribution < -0.4 is 5.32 Å². The maximum absolute atomic E-state index is 12.6. The Bertz CT molecular complexity index is 1380. The largest absolute Gasteiger partial charge is 0.466 e. The molecule has 0 aliphatic rings. The van der Waals surface area contributed by atoms with Gasteiger partial charge < -0.3 is 20.3 Å². The van der Waals surface area contributed by atoms with Crippen LogP contribution in [0.25, 0.3) is 0 Å². The Kier molecular flexibility index (Phi) is 76.3. The van der Waals surface area contributed by atoms with Gasteiger partial charge in [-0.2, -0.15) is 0 Å². The van der Waals surface area contributed by atoms with E-state index in [4.69, 9.17) is 4.74 Å². The summed E-state index contributed by atoms with van der Waals surface area (Å²) in [6.45, 7) is 4.95. The Morgan fingerprint density at radius 3 is 0.807 bits per heavy atom. The first-order valence-electron chi connectivity index (χ1n) is 40.6. The standard InChI is InChI=1S/C82H159NO5/c1-3-5-7-9-11-13-15-17-19-20-21-22-23-34-37-40-43-47-50-54-58-62-66-70-74-80(85)79(78-84)83-81(86)75-71-67-63-59-55-51-48-44-41-38-35-32-30-28-26-24-25-27-29-31-33-36-39-42-45-49-53-57-61-65-69-73-77-88-82(87)76-72-68-64-60-56-52-46-18-16-14-12-10-8-6-4-2/h18,46,70,74,79-80,84-85H,3-17,19-45,47-69,71-73,75-78H2,1-2H3,(H,83,86)/b46-18-,74-70+. The van der Waals surface area contributed by atoms with Crippen molar-refractivity contribution in [2.24, 2.45) is 0 Å². The summed E-state index contributed by atoms with van der Waals surface area (Å²) in [4.78, 5) is 24.6. The SMILES string of the molecule is CCCCCCCC/C=C\CCCCCCCC(=O)OCCCCCCCCCCCCCCCCCCCCCCCCCCCCCCCCCCC(=O)NC(CO)C(O)/C=C/CCCCCCCCCCCCCCCCCCCCCCCC. The van der Waals surface area contributed by atoms with Crippen molar-refractivity contribution < 1.29 is 24.5 Å². The number of unbranched alkanes of at least 4 members (excludes halogenated alkanes) is 64. The van der Waals surface area contributed by atoms with Crippen molar-refractivity contribution in [3.05, 3.63) is 24.3 Å². The van der Waals surface area contributed by atoms with Crippen LogP contribution in [-0.4, -0.2) is 47.4 Å². The molecule has 0 aromatic rings. The van der Waals surface area contributed by atoms with Gasteiger partial charge in [0.2, 0.25) is 5.91 Å². The van der Waals surface area contributed by atoms with Crippen molar-refractivity contribution in [1.29, 1.82) is 0 Å². The van der Waals surface area contributed by atoms with Gasteiger partial charge in [-0.15, -0.1) is 0 Å². The number of hydrogen-bond donors (Lipinski definition) is 3. The van der Waals surface area contributed by atoms with Gasteiger partial charge in [0.15, 0.2) is 0 Å². The molecule has 0 rings (SSSR count). The zero-order valence-electron chi connectivity index (χ0n) is 60.0. The Morgan fingerprint density at radius 2 is 0.534 bits per heavy atom. The average molecular weight is 1240 g/mol. The second kappa shape index (κ2) is 77.8. The van der Waals surface area contributed by atoms with Gasteiger partial charge in [-0.3, -0.25) is 9.59 Å². The third-order valence-electron chi connectivity index (χ3n) is 19.2. The van der Waals surface area contributed by atoms with Crippen LogP contribution >= 0.6 is 0 Å². The Morgan fingerprint density at radius 1 is 0.307 bits per heavy atom. The second-order valence-electron chi connectivity index (χ2n) is 28.1. The predicted octanol–water partition coefficient (Wildman–Crippen LogP) is 26.8. The number of rotatable bonds is 77. The highest BCUT2D eigenvalue weighted by atomic mass is 16.5. The normalized spacial score (nSPS) is 12.5. The van der Waals surface area contributed by atoms with Crippen LogP contribution in [0.4, 0.5) is 0 Å². The number of hydrogen-bond acceptors (Lipinski definition) is 5. The quantitative estimate of drug-likeness (QED) is 0.0320. The summed E-state index contributed by atoms with van der Waals surface area (Å²) in [6, 6.07) is -0.626. The van der Waals surface area contributed by atoms with Crippen molar-refractivity contribution in [2.75, 3.05) is 13.2 Å². The maximum atomic E-state index is 12.6. The zero-order valence-corrected chi connectivity index (χ0v) is 60.0. The molecule has 88 heavy (non-hydrogen) atoms. The fraction of sp³-hybridized carbons (Fsp3) is 0.927. The molecule has 0 radical (unpaired) electrons. The molecular formula is C82H159NO5. The van der Waals surface area contributed by atoms with Crippen LogP contribution in [0.2, 0.25) is 0 Å². The van der Waals surface area contributed by atoms with Crippen molar-refractivity contribution in [3.63, 3.8) is 0 Å². The highest BCUT2D eigenvalue weighted by Crippen LogP contribution is 2.20. The summed E-state index contributed by atoms with van der Waals surface area (Å²) in [6.07, 6.45) is 100. The number of aliphatic hydroxyl groups excluding tert-OH is 2. The molecular weight excluding hydrogens is 1080 g/mol. The molecule has 0 saturated carbocycles. The van der Waals surface area contributed by atoms with E-state index in [0.717, 1.165) is 44.9 Å². The lowest BCUT2D eigenvalue weighted by molar-refractivity contribution is -0.143. The Hall–Kier alpha value is -1.66. The third kappa shape index (κ3) is 73.4. The molecule has 2 unspecified atom stereocenters. The number of allylic oxidation sites excluding steroid dienone is 3. The third-order valence-corrected chi connectivity index (χ3v) is 19.2. The van der Waals surface area contributed by atoms with E-state index < -0.39 is 12.1 Å². The minimum Gasteiger partial charge on any atom is -0.466 e. The molecule has 0 fully saturated rings. The lowest BCUT2D eigenvalue weighted by Crippen LogP contribution is -2.45. The van der Waals surface area contributed by atoms with E-state index in [-0.39, 0.29) is 18.5 Å². The number of nitrogens with one attached hydrogen (secondary N) is 1. The first kappa shape index (κ1) is 86.3. The predicted molar refractivity (Wildman–Crippen MR) is 389 cm³/mol. The molecule has 2 atom stereocenters. The molecule has 522 valence electrons. The van der Waals surface area contributed by atoms with Crippen molar-refractivity contribution in [3.8, 4) is 0 Å². The zero-order chi connectivity index (χ0) is 63.5. The van der Waals surface area contributed by atoms with Crippen molar-refractivity contribution in [1.82, 2.24) is 5.32 Å². The van der Waals surface area contributed by atoms with Gasteiger partial charge in [-0.25, -0.2) is 0 Å². The maximum Gasteiger partial charge on any atom is 0.305 e. The van der Waals surface area contributed by atoms with Gasteiger partial charge in [0, 0.05) is 12.8 Å². The van der Waals surface area contributed by atoms with Gasteiger partial charge in [0.05, 0.1) is 25.4 Å². The smallest absolute Gasteiger partial charge is 0.305 e. The molecule has 0 bridgehead atoms. The molecule has 0 aliphatic carbocycles. The highest BCUT2D eigenvalue weighted by Gasteiger charge is 2.18. The lowest BCUT2D eigenvalue weighted by Gasteiger charge is -2.20. The van der Waals surface area contributed by atoms with E-state index in [9.17, 15) is 19.8 Å². The fourth-order valence-corrected chi connectivity index (χ4v) is 13.0. The van der Waals surface area contributed by atoms with Crippen LogP contribution in [0.1, 0.15) is 463 Å². The molecule has 0 aliphatic heterocycles. The van der Waals surface area contributed by atoms with Crippen LogP contribution in [0.15, 0.2) is 24.3 Å². The number of esters is 1. The minimum absolute atomic E-state index is 0.0140. The molecule has 0 aromatic heterocycles. The summed E-state index contributed by atoms with van der Waals surface area (Å²) in [5, 5.41) is 23.3. The first-order valence-corrected chi connectivity index (χ1v) is 40.6. The van der Waals surface area contributed by atoms with Crippen LogP contribution in [0.5, 0.6) is 0 Å². The van der Waals surface area contributed by atoms with E-state index in [2.05, 4.69) is 31.3 Å². The topological polar surface area (TPSA) is 95.9 Å². The molecule has 0 saturated heterocycles. The highest BCUT2D eigenvalue weighted by molar-refractivity contribution is 5.76. The molecule has 1 amide bonds. The summed E-state index contributed by atoms with van der Waals surface area (Å²) in [5.41, 5.74) is 0. The minimum atomic E-state index is -0.843. The molecule has 0 heterocycles. The van der Waals surface area contributed by atoms with Crippen molar-refractivity contribution >= 4 is 11.9 Å². The molecule has 3 N–H and O–H groups in total. The number of aliphatic hydroxyl groups is 2. The van der Waals surface area contributed by atoms with Gasteiger partial charge in [-0.05, 0) is 57.8 Å². The van der Waals surface area contributed by atoms with Crippen LogP contribution in [0.3, 0.4) is 0 Å². The van der Waals surface area contributed by atoms with Gasteiger partial charge in [0.1, 0.15) is 0 Å². The Labute approximate surface area is 551 Å². The monoisotopic (exact) mass is 1240 g/mol. The van der Waals surface area contributed by atoms with E-state index in [0.29, 0.717) is 19.4 Å². The van der Waals surface area contributed by atoms with E-state index in [1.54, 1.807) is 6.08 Å². The second-order valence-corrected chi connectivity index (χ2v) is 28.1. The molecule has 6 nitrogen and oxygen atoms in total. The van der Waals surface area contributed by atoms with Crippen molar-refractivity contribution in [2.45, 2.75) is 475 Å². The van der Waals surface area contributed by atoms with E-state index in [1.807, 2.05) is 6.08 Å². The Balaban J connectivity index is 3.35. The van der Waals surface area contributed by atoms with Gasteiger partial charge in [0.25, 0.3) is 0 Å².